The summed E-state index contributed by atoms with van der Waals surface area (Å²) in [5.41, 5.74) is 4.50. The minimum absolute atomic E-state index is 0.237. The van der Waals surface area contributed by atoms with E-state index >= 15 is 0 Å². The second-order valence-corrected chi connectivity index (χ2v) is 8.97. The van der Waals surface area contributed by atoms with Gasteiger partial charge in [0.1, 0.15) is 0 Å². The van der Waals surface area contributed by atoms with Gasteiger partial charge >= 0.3 is 5.69 Å². The second kappa shape index (κ2) is 7.51. The first-order chi connectivity index (χ1) is 15.3. The molecular formula is C25H27N5O2. The van der Waals surface area contributed by atoms with Gasteiger partial charge in [-0.15, -0.1) is 0 Å². The summed E-state index contributed by atoms with van der Waals surface area (Å²) >= 11 is 0. The predicted molar refractivity (Wildman–Crippen MR) is 127 cm³/mol. The van der Waals surface area contributed by atoms with Crippen LogP contribution in [-0.4, -0.2) is 25.2 Å². The van der Waals surface area contributed by atoms with Crippen molar-refractivity contribution in [2.24, 2.45) is 13.0 Å². The van der Waals surface area contributed by atoms with Crippen LogP contribution in [0.3, 0.4) is 0 Å². The molecule has 0 unspecified atom stereocenters. The van der Waals surface area contributed by atoms with E-state index in [0.717, 1.165) is 28.9 Å². The van der Waals surface area contributed by atoms with Crippen LogP contribution in [0.5, 0.6) is 0 Å². The highest BCUT2D eigenvalue weighted by Gasteiger charge is 2.29. The Kier molecular flexibility index (Phi) is 4.77. The fourth-order valence-electron chi connectivity index (χ4n) is 4.65. The van der Waals surface area contributed by atoms with Gasteiger partial charge in [0, 0.05) is 25.8 Å². The molecule has 0 saturated carbocycles. The Labute approximate surface area is 186 Å². The van der Waals surface area contributed by atoms with Gasteiger partial charge in [-0.1, -0.05) is 48.9 Å². The van der Waals surface area contributed by atoms with Crippen LogP contribution in [0.1, 0.15) is 23.6 Å². The molecule has 5 rings (SSSR count). The van der Waals surface area contributed by atoms with Crippen molar-refractivity contribution >= 4 is 22.8 Å². The first-order valence-corrected chi connectivity index (χ1v) is 10.9. The maximum Gasteiger partial charge on any atom is 0.332 e. The van der Waals surface area contributed by atoms with Crippen molar-refractivity contribution in [1.29, 1.82) is 0 Å². The Bertz CT molecular complexity index is 1460. The van der Waals surface area contributed by atoms with Gasteiger partial charge in [0.2, 0.25) is 5.95 Å². The van der Waals surface area contributed by atoms with Crippen LogP contribution in [0.25, 0.3) is 11.2 Å². The molecule has 0 amide bonds. The largest absolute Gasteiger partial charge is 0.332 e. The molecular weight excluding hydrogens is 402 g/mol. The first-order valence-electron chi connectivity index (χ1n) is 10.9. The van der Waals surface area contributed by atoms with E-state index in [0.29, 0.717) is 29.6 Å². The number of hydrogen-bond acceptors (Lipinski definition) is 4. The molecule has 0 fully saturated rings. The molecule has 0 saturated heterocycles. The molecule has 2 aromatic carbocycles. The molecule has 1 aliphatic heterocycles. The van der Waals surface area contributed by atoms with E-state index in [-0.39, 0.29) is 17.8 Å². The number of hydrogen-bond donors (Lipinski definition) is 0. The summed E-state index contributed by atoms with van der Waals surface area (Å²) in [5, 5.41) is 0. The fourth-order valence-corrected chi connectivity index (χ4v) is 4.65. The van der Waals surface area contributed by atoms with Gasteiger partial charge in [-0.3, -0.25) is 13.9 Å². The van der Waals surface area contributed by atoms with Gasteiger partial charge < -0.3 is 9.47 Å². The summed E-state index contributed by atoms with van der Waals surface area (Å²) in [7, 11) is 1.69. The zero-order valence-electron chi connectivity index (χ0n) is 18.9. The van der Waals surface area contributed by atoms with Gasteiger partial charge in [0.25, 0.3) is 5.56 Å². The van der Waals surface area contributed by atoms with E-state index in [9.17, 15) is 9.59 Å². The number of anilines is 2. The Morgan fingerprint density at radius 1 is 1.00 bits per heavy atom. The van der Waals surface area contributed by atoms with Crippen molar-refractivity contribution in [3.8, 4) is 0 Å². The highest BCUT2D eigenvalue weighted by molar-refractivity contribution is 5.77. The van der Waals surface area contributed by atoms with E-state index in [1.165, 1.54) is 9.13 Å². The minimum Gasteiger partial charge on any atom is -0.312 e. The van der Waals surface area contributed by atoms with Crippen LogP contribution < -0.4 is 16.1 Å². The summed E-state index contributed by atoms with van der Waals surface area (Å²) in [4.78, 5) is 33.7. The zero-order valence-corrected chi connectivity index (χ0v) is 18.9. The van der Waals surface area contributed by atoms with Crippen molar-refractivity contribution in [2.45, 2.75) is 33.9 Å². The number of benzene rings is 2. The summed E-state index contributed by atoms with van der Waals surface area (Å²) in [6, 6.07) is 16.2. The Morgan fingerprint density at radius 2 is 1.72 bits per heavy atom. The lowest BCUT2D eigenvalue weighted by Crippen LogP contribution is -2.40. The van der Waals surface area contributed by atoms with Crippen molar-refractivity contribution in [3.05, 3.63) is 86.1 Å². The molecule has 32 heavy (non-hydrogen) atoms. The standard InChI is InChI=1S/C25H27N5O2/c1-16-7-5-9-19(11-16)15-30-23(31)21-22(27(4)25(30)32)26-24-28(13-18(3)14-29(21)24)20-10-6-8-17(2)12-20/h5-12,18H,13-15H2,1-4H3/t18-/m1/s1. The van der Waals surface area contributed by atoms with E-state index in [1.807, 2.05) is 41.8 Å². The molecule has 1 aliphatic rings. The molecule has 4 aromatic rings. The number of fused-ring (bicyclic) bond motifs is 3. The lowest BCUT2D eigenvalue weighted by atomic mass is 10.1. The van der Waals surface area contributed by atoms with Crippen LogP contribution in [0.15, 0.2) is 58.1 Å². The van der Waals surface area contributed by atoms with Crippen LogP contribution in [-0.2, 0) is 20.1 Å². The molecule has 0 N–H and O–H groups in total. The highest BCUT2D eigenvalue weighted by atomic mass is 16.2. The molecule has 1 atom stereocenters. The Morgan fingerprint density at radius 3 is 2.44 bits per heavy atom. The van der Waals surface area contributed by atoms with E-state index in [4.69, 9.17) is 4.98 Å². The average Bonchev–Trinajstić information content (AvgIpc) is 3.14. The van der Waals surface area contributed by atoms with E-state index < -0.39 is 0 Å². The molecule has 7 nitrogen and oxygen atoms in total. The van der Waals surface area contributed by atoms with Crippen LogP contribution in [0.4, 0.5) is 11.6 Å². The monoisotopic (exact) mass is 429 g/mol. The lowest BCUT2D eigenvalue weighted by molar-refractivity contribution is 0.458. The van der Waals surface area contributed by atoms with E-state index in [2.05, 4.69) is 36.9 Å². The maximum absolute atomic E-state index is 13.6. The summed E-state index contributed by atoms with van der Waals surface area (Å²) < 4.78 is 4.81. The number of nitrogens with zero attached hydrogens (tertiary/aromatic N) is 5. The average molecular weight is 430 g/mol. The van der Waals surface area contributed by atoms with Gasteiger partial charge in [-0.05, 0) is 43.0 Å². The Hall–Kier alpha value is -3.61. The third-order valence-electron chi connectivity index (χ3n) is 6.18. The predicted octanol–water partition coefficient (Wildman–Crippen LogP) is 3.35. The molecule has 0 radical (unpaired) electrons. The summed E-state index contributed by atoms with van der Waals surface area (Å²) in [6.45, 7) is 7.96. The molecule has 0 aliphatic carbocycles. The summed E-state index contributed by atoms with van der Waals surface area (Å²) in [6.07, 6.45) is 0. The van der Waals surface area contributed by atoms with Gasteiger partial charge in [0.15, 0.2) is 11.2 Å². The van der Waals surface area contributed by atoms with Crippen LogP contribution in [0, 0.1) is 19.8 Å². The van der Waals surface area contributed by atoms with Gasteiger partial charge in [-0.2, -0.15) is 4.98 Å². The van der Waals surface area contributed by atoms with Gasteiger partial charge in [-0.25, -0.2) is 4.79 Å². The minimum atomic E-state index is -0.352. The molecule has 0 spiro atoms. The quantitative estimate of drug-likeness (QED) is 0.501. The molecule has 2 aromatic heterocycles. The SMILES string of the molecule is Cc1cccc(Cn2c(=O)c3c(nc4n3C[C@H](C)CN4c3cccc(C)c3)n(C)c2=O)c1. The number of aryl methyl sites for hydroxylation is 3. The number of imidazole rings is 1. The van der Waals surface area contributed by atoms with Crippen LogP contribution >= 0.6 is 0 Å². The zero-order chi connectivity index (χ0) is 22.6. The molecule has 7 heteroatoms. The number of rotatable bonds is 3. The molecule has 3 heterocycles. The van der Waals surface area contributed by atoms with Crippen molar-refractivity contribution in [2.75, 3.05) is 11.4 Å². The van der Waals surface area contributed by atoms with Crippen LogP contribution in [0.2, 0.25) is 0 Å². The van der Waals surface area contributed by atoms with Crippen molar-refractivity contribution in [1.82, 2.24) is 18.7 Å². The maximum atomic E-state index is 13.6. The highest BCUT2D eigenvalue weighted by Crippen LogP contribution is 2.33. The van der Waals surface area contributed by atoms with Crippen molar-refractivity contribution < 1.29 is 0 Å². The fraction of sp³-hybridized carbons (Fsp3) is 0.320. The Balaban J connectivity index is 1.73. The van der Waals surface area contributed by atoms with E-state index in [1.54, 1.807) is 7.05 Å². The third kappa shape index (κ3) is 3.25. The molecule has 0 bridgehead atoms. The first kappa shape index (κ1) is 20.3. The second-order valence-electron chi connectivity index (χ2n) is 8.97. The van der Waals surface area contributed by atoms with Gasteiger partial charge in [0.05, 0.1) is 6.54 Å². The topological polar surface area (TPSA) is 65.1 Å². The lowest BCUT2D eigenvalue weighted by Gasteiger charge is -2.33. The third-order valence-corrected chi connectivity index (χ3v) is 6.18. The number of aromatic nitrogens is 4. The smallest absolute Gasteiger partial charge is 0.312 e. The molecule has 164 valence electrons. The normalized spacial score (nSPS) is 15.9. The summed E-state index contributed by atoms with van der Waals surface area (Å²) in [5.74, 6) is 1.03. The van der Waals surface area contributed by atoms with Crippen molar-refractivity contribution in [3.63, 3.8) is 0 Å².